The van der Waals surface area contributed by atoms with Gasteiger partial charge in [-0.2, -0.15) is 0 Å². The van der Waals surface area contributed by atoms with Gasteiger partial charge in [0.15, 0.2) is 0 Å². The highest BCUT2D eigenvalue weighted by molar-refractivity contribution is 7.95. The third kappa shape index (κ3) is 5.16. The summed E-state index contributed by atoms with van der Waals surface area (Å²) in [4.78, 5) is 0. The molecule has 164 valence electrons. The smallest absolute Gasteiger partial charge is 0.206 e. The van der Waals surface area contributed by atoms with Gasteiger partial charge in [0.25, 0.3) is 0 Å². The summed E-state index contributed by atoms with van der Waals surface area (Å²) in [5, 5.41) is 12.9. The highest BCUT2D eigenvalue weighted by Crippen LogP contribution is 2.67. The summed E-state index contributed by atoms with van der Waals surface area (Å²) in [7, 11) is -2.12. The standard InChI is InChI=1S/C27H26OP.C2H5O/c1-2-28-27(23-15-7-3-8-16-23)29(24-17-9-4-10-18-24,25-19-11-5-12-20-25)26-21-13-6-14-22-26;1-2-3/h3-22,27H,2H2,1H3;2H2,1H3/q+1;-1. The van der Waals surface area contributed by atoms with E-state index in [0.29, 0.717) is 6.61 Å². The SMILES string of the molecule is CCOC(c1ccccc1)[P+](c1ccccc1)(c1ccccc1)c1ccccc1.CC[O-]. The van der Waals surface area contributed by atoms with Gasteiger partial charge in [0.2, 0.25) is 5.85 Å². The lowest BCUT2D eigenvalue weighted by atomic mass is 10.2. The van der Waals surface area contributed by atoms with Gasteiger partial charge in [-0.25, -0.2) is 0 Å². The predicted octanol–water partition coefficient (Wildman–Crippen LogP) is 5.08. The molecule has 0 N–H and O–H groups in total. The maximum atomic E-state index is 8.93. The molecule has 4 aromatic carbocycles. The first-order chi connectivity index (χ1) is 15.8. The largest absolute Gasteiger partial charge is 0.855 e. The van der Waals surface area contributed by atoms with Crippen LogP contribution in [-0.2, 0) is 4.74 Å². The predicted molar refractivity (Wildman–Crippen MR) is 136 cm³/mol. The van der Waals surface area contributed by atoms with Gasteiger partial charge >= 0.3 is 0 Å². The Labute approximate surface area is 192 Å². The average molecular weight is 443 g/mol. The fourth-order valence-corrected chi connectivity index (χ4v) is 8.68. The third-order valence-electron chi connectivity index (χ3n) is 5.25. The fourth-order valence-electron chi connectivity index (χ4n) is 4.05. The van der Waals surface area contributed by atoms with Crippen LogP contribution in [0.25, 0.3) is 0 Å². The van der Waals surface area contributed by atoms with E-state index in [1.807, 2.05) is 0 Å². The monoisotopic (exact) mass is 442 g/mol. The van der Waals surface area contributed by atoms with E-state index in [9.17, 15) is 0 Å². The quantitative estimate of drug-likeness (QED) is 0.374. The van der Waals surface area contributed by atoms with Crippen LogP contribution in [0.5, 0.6) is 0 Å². The van der Waals surface area contributed by atoms with Gasteiger partial charge in [-0.1, -0.05) is 91.9 Å². The maximum Gasteiger partial charge on any atom is 0.206 e. The number of benzene rings is 4. The summed E-state index contributed by atoms with van der Waals surface area (Å²) in [5.74, 6) is -0.0547. The lowest BCUT2D eigenvalue weighted by Crippen LogP contribution is -2.36. The first-order valence-corrected chi connectivity index (χ1v) is 12.9. The van der Waals surface area contributed by atoms with E-state index < -0.39 is 7.26 Å². The molecule has 0 aliphatic heterocycles. The lowest BCUT2D eigenvalue weighted by molar-refractivity contribution is -0.361. The molecule has 32 heavy (non-hydrogen) atoms. The summed E-state index contributed by atoms with van der Waals surface area (Å²) < 4.78 is 6.61. The molecule has 0 aliphatic rings. The minimum absolute atomic E-state index is 0. The van der Waals surface area contributed by atoms with Crippen molar-refractivity contribution in [3.8, 4) is 0 Å². The van der Waals surface area contributed by atoms with E-state index in [2.05, 4.69) is 128 Å². The van der Waals surface area contributed by atoms with Crippen molar-refractivity contribution in [2.45, 2.75) is 19.7 Å². The van der Waals surface area contributed by atoms with Crippen molar-refractivity contribution in [3.63, 3.8) is 0 Å². The zero-order valence-corrected chi connectivity index (χ0v) is 19.7. The van der Waals surface area contributed by atoms with Crippen LogP contribution >= 0.6 is 7.26 Å². The van der Waals surface area contributed by atoms with E-state index in [-0.39, 0.29) is 12.5 Å². The van der Waals surface area contributed by atoms with Crippen LogP contribution in [0.3, 0.4) is 0 Å². The van der Waals surface area contributed by atoms with Gasteiger partial charge in [0.05, 0.1) is 0 Å². The van der Waals surface area contributed by atoms with Crippen LogP contribution in [0.1, 0.15) is 25.3 Å². The second-order valence-electron chi connectivity index (χ2n) is 7.24. The van der Waals surface area contributed by atoms with Gasteiger partial charge in [-0.05, 0) is 43.3 Å². The molecule has 0 saturated heterocycles. The van der Waals surface area contributed by atoms with Gasteiger partial charge in [0.1, 0.15) is 23.2 Å². The molecule has 0 aromatic heterocycles. The Morgan fingerprint density at radius 3 is 1.22 bits per heavy atom. The molecule has 0 spiro atoms. The summed E-state index contributed by atoms with van der Waals surface area (Å²) in [6.45, 7) is 4.32. The molecule has 0 saturated carbocycles. The first kappa shape index (κ1) is 23.9. The van der Waals surface area contributed by atoms with Gasteiger partial charge in [0, 0.05) is 12.2 Å². The zero-order chi connectivity index (χ0) is 22.7. The van der Waals surface area contributed by atoms with Crippen molar-refractivity contribution in [3.05, 3.63) is 127 Å². The molecule has 4 rings (SSSR count). The van der Waals surface area contributed by atoms with Crippen molar-refractivity contribution >= 4 is 23.2 Å². The second-order valence-corrected chi connectivity index (χ2v) is 10.7. The summed E-state index contributed by atoms with van der Waals surface area (Å²) >= 11 is 0. The molecule has 4 aromatic rings. The Kier molecular flexibility index (Phi) is 9.19. The summed E-state index contributed by atoms with van der Waals surface area (Å²) in [5.41, 5.74) is 1.22. The van der Waals surface area contributed by atoms with E-state index >= 15 is 0 Å². The molecule has 0 radical (unpaired) electrons. The minimum atomic E-state index is -2.12. The normalized spacial score (nSPS) is 11.8. The molecule has 0 heterocycles. The highest BCUT2D eigenvalue weighted by Gasteiger charge is 2.54. The number of hydrogen-bond donors (Lipinski definition) is 0. The highest BCUT2D eigenvalue weighted by atomic mass is 31.2. The molecule has 1 atom stereocenters. The van der Waals surface area contributed by atoms with E-state index in [1.54, 1.807) is 6.92 Å². The van der Waals surface area contributed by atoms with Crippen LogP contribution < -0.4 is 21.0 Å². The van der Waals surface area contributed by atoms with Crippen LogP contribution in [0, 0.1) is 0 Å². The van der Waals surface area contributed by atoms with Crippen molar-refractivity contribution in [1.82, 2.24) is 0 Å². The van der Waals surface area contributed by atoms with E-state index in [4.69, 9.17) is 9.84 Å². The molecule has 0 amide bonds. The Morgan fingerprint density at radius 2 is 0.906 bits per heavy atom. The zero-order valence-electron chi connectivity index (χ0n) is 18.8. The number of rotatable bonds is 7. The lowest BCUT2D eigenvalue weighted by Gasteiger charge is -2.34. The van der Waals surface area contributed by atoms with Gasteiger partial charge < -0.3 is 9.84 Å². The molecular formula is C29H31O2P. The molecular weight excluding hydrogens is 411 g/mol. The van der Waals surface area contributed by atoms with Crippen molar-refractivity contribution in [1.29, 1.82) is 0 Å². The van der Waals surface area contributed by atoms with Crippen LogP contribution in [0.15, 0.2) is 121 Å². The van der Waals surface area contributed by atoms with Crippen LogP contribution in [0.4, 0.5) is 0 Å². The Balaban J connectivity index is 0.000000913. The second kappa shape index (κ2) is 12.3. The topological polar surface area (TPSA) is 32.3 Å². The summed E-state index contributed by atoms with van der Waals surface area (Å²) in [6, 6.07) is 43.4. The summed E-state index contributed by atoms with van der Waals surface area (Å²) in [6.07, 6.45) is 0. The van der Waals surface area contributed by atoms with E-state index in [0.717, 1.165) is 0 Å². The van der Waals surface area contributed by atoms with Crippen molar-refractivity contribution in [2.75, 3.05) is 13.2 Å². The van der Waals surface area contributed by atoms with Crippen LogP contribution in [-0.4, -0.2) is 13.2 Å². The molecule has 3 heteroatoms. The van der Waals surface area contributed by atoms with E-state index in [1.165, 1.54) is 21.5 Å². The average Bonchev–Trinajstić information content (AvgIpc) is 2.87. The van der Waals surface area contributed by atoms with Gasteiger partial charge in [-0.15, -0.1) is 6.61 Å². The maximum absolute atomic E-state index is 8.93. The van der Waals surface area contributed by atoms with Crippen molar-refractivity contribution in [2.24, 2.45) is 0 Å². The minimum Gasteiger partial charge on any atom is -0.855 e. The van der Waals surface area contributed by atoms with Crippen molar-refractivity contribution < 1.29 is 9.84 Å². The van der Waals surface area contributed by atoms with Crippen LogP contribution in [0.2, 0.25) is 0 Å². The first-order valence-electron chi connectivity index (χ1n) is 11.1. The number of hydrogen-bond acceptors (Lipinski definition) is 2. The molecule has 0 aliphatic carbocycles. The molecule has 2 nitrogen and oxygen atoms in total. The third-order valence-corrected chi connectivity index (χ3v) is 9.74. The molecule has 0 bridgehead atoms. The molecule has 1 unspecified atom stereocenters. The Bertz CT molecular complexity index is 925. The Morgan fingerprint density at radius 1 is 0.594 bits per heavy atom. The molecule has 0 fully saturated rings. The fraction of sp³-hybridized carbons (Fsp3) is 0.172. The van der Waals surface area contributed by atoms with Gasteiger partial charge in [-0.3, -0.25) is 0 Å². The Hall–Kier alpha value is -2.77. The number of ether oxygens (including phenoxy) is 1.